The number of aromatic nitrogens is 2. The Labute approximate surface area is 154 Å². The molecule has 5 nitrogen and oxygen atoms in total. The highest BCUT2D eigenvalue weighted by atomic mass is 32.1. The lowest BCUT2D eigenvalue weighted by Crippen LogP contribution is -2.42. The fourth-order valence-corrected chi connectivity index (χ4v) is 4.43. The second kappa shape index (κ2) is 8.23. The number of hydrogen-bond acceptors (Lipinski definition) is 5. The van der Waals surface area contributed by atoms with Crippen LogP contribution in [-0.2, 0) is 6.42 Å². The Balaban J connectivity index is 2.14. The van der Waals surface area contributed by atoms with Gasteiger partial charge in [-0.1, -0.05) is 6.92 Å². The number of nitrogens with zero attached hydrogens (tertiary/aromatic N) is 3. The fraction of sp³-hybridized carbons (Fsp3) is 0.632. The highest BCUT2D eigenvalue weighted by molar-refractivity contribution is 7.20. The van der Waals surface area contributed by atoms with Gasteiger partial charge in [0.2, 0.25) is 0 Å². The first-order valence-electron chi connectivity index (χ1n) is 9.06. The summed E-state index contributed by atoms with van der Waals surface area (Å²) in [5.74, 6) is 0.827. The van der Waals surface area contributed by atoms with Crippen molar-refractivity contribution in [2.45, 2.75) is 67.0 Å². The molecule has 2 rings (SSSR count). The summed E-state index contributed by atoms with van der Waals surface area (Å²) in [6.45, 7) is 16.3. The van der Waals surface area contributed by atoms with Gasteiger partial charge in [0.25, 0.3) is 5.91 Å². The number of aryl methyl sites for hydroxylation is 3. The molecule has 0 unspecified atom stereocenters. The van der Waals surface area contributed by atoms with Crippen LogP contribution in [0.4, 0.5) is 0 Å². The van der Waals surface area contributed by atoms with Crippen molar-refractivity contribution < 1.29 is 4.79 Å². The smallest absolute Gasteiger partial charge is 0.261 e. The summed E-state index contributed by atoms with van der Waals surface area (Å²) in [6, 6.07) is 0.932. The molecule has 25 heavy (non-hydrogen) atoms. The van der Waals surface area contributed by atoms with Crippen LogP contribution in [0.15, 0.2) is 0 Å². The Bertz CT molecular complexity index is 743. The summed E-state index contributed by atoms with van der Waals surface area (Å²) >= 11 is 1.47. The second-order valence-corrected chi connectivity index (χ2v) is 8.00. The Morgan fingerprint density at radius 1 is 1.16 bits per heavy atom. The van der Waals surface area contributed by atoms with Crippen LogP contribution in [0.1, 0.15) is 61.4 Å². The summed E-state index contributed by atoms with van der Waals surface area (Å²) < 4.78 is 0. The maximum absolute atomic E-state index is 12.7. The standard InChI is InChI=1S/C19H30N4OS/c1-8-15-21-14(7)16-13(6)17(25-19(16)22-15)18(24)20-9-10-23(11(2)3)12(4)5/h11-12H,8-10H2,1-7H3,(H,20,24). The van der Waals surface area contributed by atoms with E-state index in [-0.39, 0.29) is 5.91 Å². The van der Waals surface area contributed by atoms with Crippen molar-refractivity contribution in [1.29, 1.82) is 0 Å². The highest BCUT2D eigenvalue weighted by Crippen LogP contribution is 2.31. The van der Waals surface area contributed by atoms with Crippen molar-refractivity contribution in [2.24, 2.45) is 0 Å². The van der Waals surface area contributed by atoms with Gasteiger partial charge < -0.3 is 5.32 Å². The van der Waals surface area contributed by atoms with Gasteiger partial charge in [0.05, 0.1) is 4.88 Å². The van der Waals surface area contributed by atoms with E-state index in [0.717, 1.165) is 45.1 Å². The molecule has 0 fully saturated rings. The quantitative estimate of drug-likeness (QED) is 0.815. The van der Waals surface area contributed by atoms with E-state index in [9.17, 15) is 4.79 Å². The molecule has 0 saturated carbocycles. The largest absolute Gasteiger partial charge is 0.350 e. The molecule has 0 saturated heterocycles. The minimum atomic E-state index is -0.00888. The van der Waals surface area contributed by atoms with Crippen LogP contribution in [-0.4, -0.2) is 45.9 Å². The normalized spacial score (nSPS) is 11.9. The van der Waals surface area contributed by atoms with E-state index in [1.54, 1.807) is 0 Å². The van der Waals surface area contributed by atoms with Crippen LogP contribution in [0.2, 0.25) is 0 Å². The molecule has 2 heterocycles. The minimum Gasteiger partial charge on any atom is -0.350 e. The van der Waals surface area contributed by atoms with Crippen molar-refractivity contribution >= 4 is 27.5 Å². The van der Waals surface area contributed by atoms with E-state index in [1.165, 1.54) is 11.3 Å². The Morgan fingerprint density at radius 2 is 1.80 bits per heavy atom. The predicted molar refractivity (Wildman–Crippen MR) is 106 cm³/mol. The molecule has 138 valence electrons. The van der Waals surface area contributed by atoms with E-state index >= 15 is 0 Å². The van der Waals surface area contributed by atoms with Crippen molar-refractivity contribution in [2.75, 3.05) is 13.1 Å². The zero-order chi connectivity index (χ0) is 18.7. The monoisotopic (exact) mass is 362 g/mol. The van der Waals surface area contributed by atoms with Crippen LogP contribution in [0, 0.1) is 13.8 Å². The Kier molecular flexibility index (Phi) is 6.52. The summed E-state index contributed by atoms with van der Waals surface area (Å²) in [6.07, 6.45) is 0.801. The third kappa shape index (κ3) is 4.36. The van der Waals surface area contributed by atoms with Crippen LogP contribution in [0.3, 0.4) is 0 Å². The van der Waals surface area contributed by atoms with Crippen LogP contribution >= 0.6 is 11.3 Å². The topological polar surface area (TPSA) is 58.1 Å². The molecule has 0 atom stereocenters. The molecule has 1 amide bonds. The first kappa shape index (κ1) is 19.8. The molecular formula is C19H30N4OS. The van der Waals surface area contributed by atoms with Gasteiger partial charge in [0.1, 0.15) is 10.7 Å². The van der Waals surface area contributed by atoms with Crippen LogP contribution in [0.5, 0.6) is 0 Å². The number of carbonyl (C=O) groups is 1. The summed E-state index contributed by atoms with van der Waals surface area (Å²) in [5.41, 5.74) is 1.95. The minimum absolute atomic E-state index is 0.00888. The first-order valence-corrected chi connectivity index (χ1v) is 9.88. The average Bonchev–Trinajstić information content (AvgIpc) is 2.87. The lowest BCUT2D eigenvalue weighted by atomic mass is 10.1. The van der Waals surface area contributed by atoms with Gasteiger partial charge in [-0.3, -0.25) is 9.69 Å². The molecule has 0 aliphatic carbocycles. The van der Waals surface area contributed by atoms with Crippen molar-refractivity contribution in [3.8, 4) is 0 Å². The van der Waals surface area contributed by atoms with E-state index < -0.39 is 0 Å². The summed E-state index contributed by atoms with van der Waals surface area (Å²) in [7, 11) is 0. The van der Waals surface area contributed by atoms with Gasteiger partial charge in [-0.2, -0.15) is 0 Å². The van der Waals surface area contributed by atoms with Gasteiger partial charge in [-0.05, 0) is 47.1 Å². The van der Waals surface area contributed by atoms with E-state index in [0.29, 0.717) is 18.6 Å². The molecule has 0 aromatic carbocycles. The van der Waals surface area contributed by atoms with Gasteiger partial charge in [0, 0.05) is 42.7 Å². The van der Waals surface area contributed by atoms with Crippen molar-refractivity contribution in [3.63, 3.8) is 0 Å². The SMILES string of the molecule is CCc1nc(C)c2c(C)c(C(=O)NCCN(C(C)C)C(C)C)sc2n1. The average molecular weight is 363 g/mol. The number of amides is 1. The number of nitrogens with one attached hydrogen (secondary N) is 1. The van der Waals surface area contributed by atoms with Crippen LogP contribution < -0.4 is 5.32 Å². The lowest BCUT2D eigenvalue weighted by Gasteiger charge is -2.30. The van der Waals surface area contributed by atoms with Crippen LogP contribution in [0.25, 0.3) is 10.2 Å². The molecular weight excluding hydrogens is 332 g/mol. The first-order chi connectivity index (χ1) is 11.8. The summed E-state index contributed by atoms with van der Waals surface area (Å²) in [4.78, 5) is 25.8. The molecule has 6 heteroatoms. The maximum Gasteiger partial charge on any atom is 0.261 e. The molecule has 0 radical (unpaired) electrons. The van der Waals surface area contributed by atoms with E-state index in [1.807, 2.05) is 20.8 Å². The van der Waals surface area contributed by atoms with E-state index in [2.05, 4.69) is 47.9 Å². The zero-order valence-corrected chi connectivity index (χ0v) is 17.3. The molecule has 0 aliphatic rings. The Hall–Kier alpha value is -1.53. The Morgan fingerprint density at radius 3 is 2.36 bits per heavy atom. The van der Waals surface area contributed by atoms with Gasteiger partial charge in [-0.25, -0.2) is 9.97 Å². The molecule has 2 aromatic heterocycles. The lowest BCUT2D eigenvalue weighted by molar-refractivity contribution is 0.0943. The number of hydrogen-bond donors (Lipinski definition) is 1. The van der Waals surface area contributed by atoms with E-state index in [4.69, 9.17) is 0 Å². The van der Waals surface area contributed by atoms with Gasteiger partial charge in [-0.15, -0.1) is 11.3 Å². The highest BCUT2D eigenvalue weighted by Gasteiger charge is 2.19. The fourth-order valence-electron chi connectivity index (χ4n) is 3.26. The number of carbonyl (C=O) groups excluding carboxylic acids is 1. The van der Waals surface area contributed by atoms with Gasteiger partial charge in [0.15, 0.2) is 0 Å². The number of thiophene rings is 1. The zero-order valence-electron chi connectivity index (χ0n) is 16.4. The number of fused-ring (bicyclic) bond motifs is 1. The summed E-state index contributed by atoms with van der Waals surface area (Å²) in [5, 5.41) is 4.10. The maximum atomic E-state index is 12.7. The van der Waals surface area contributed by atoms with Crippen molar-refractivity contribution in [1.82, 2.24) is 20.2 Å². The molecule has 0 bridgehead atoms. The van der Waals surface area contributed by atoms with Crippen molar-refractivity contribution in [3.05, 3.63) is 22.0 Å². The number of rotatable bonds is 7. The molecule has 0 aliphatic heterocycles. The molecule has 1 N–H and O–H groups in total. The second-order valence-electron chi connectivity index (χ2n) is 7.00. The third-order valence-corrected chi connectivity index (χ3v) is 5.71. The van der Waals surface area contributed by atoms with Gasteiger partial charge >= 0.3 is 0 Å². The predicted octanol–water partition coefficient (Wildman–Crippen LogP) is 3.72. The molecule has 0 spiro atoms. The molecule has 2 aromatic rings. The third-order valence-electron chi connectivity index (χ3n) is 4.52.